The van der Waals surface area contributed by atoms with Crippen LogP contribution in [0, 0.1) is 0 Å². The summed E-state index contributed by atoms with van der Waals surface area (Å²) in [7, 11) is 0.650. The maximum absolute atomic E-state index is 2.37. The molecule has 0 radical (unpaired) electrons. The van der Waals surface area contributed by atoms with Crippen molar-refractivity contribution in [2.45, 2.75) is 19.8 Å². The van der Waals surface area contributed by atoms with Crippen molar-refractivity contribution in [3.63, 3.8) is 0 Å². The molecule has 3 heteroatoms. The molecular formula is C9H12I2Ru. The summed E-state index contributed by atoms with van der Waals surface area (Å²) in [6.07, 6.45) is 0. The van der Waals surface area contributed by atoms with Crippen LogP contribution in [0.15, 0.2) is 30.3 Å². The molecule has 0 aromatic heterocycles. The number of hydrogen-bond donors (Lipinski definition) is 0. The molecule has 0 aliphatic rings. The van der Waals surface area contributed by atoms with Gasteiger partial charge in [0.05, 0.1) is 0 Å². The molecule has 0 aliphatic heterocycles. The normalized spacial score (nSPS) is 9.42. The van der Waals surface area contributed by atoms with E-state index in [0.717, 1.165) is 0 Å². The van der Waals surface area contributed by atoms with Crippen molar-refractivity contribution in [1.82, 2.24) is 0 Å². The fraction of sp³-hybridized carbons (Fsp3) is 0.333. The molecule has 1 aromatic carbocycles. The third kappa shape index (κ3) is 6.78. The van der Waals surface area contributed by atoms with E-state index in [4.69, 9.17) is 0 Å². The monoisotopic (exact) mass is 476 g/mol. The van der Waals surface area contributed by atoms with Gasteiger partial charge in [0.1, 0.15) is 0 Å². The molecule has 0 unspecified atom stereocenters. The first-order valence-electron chi connectivity index (χ1n) is 3.62. The molecule has 0 amide bonds. The first-order chi connectivity index (χ1) is 5.72. The summed E-state index contributed by atoms with van der Waals surface area (Å²) >= 11 is 4.73. The zero-order valence-corrected chi connectivity index (χ0v) is 13.1. The minimum atomic E-state index is 0.650. The van der Waals surface area contributed by atoms with Gasteiger partial charge in [-0.1, -0.05) is 44.2 Å². The van der Waals surface area contributed by atoms with Crippen molar-refractivity contribution in [2.24, 2.45) is 0 Å². The average Bonchev–Trinajstić information content (AvgIpc) is 2.07. The van der Waals surface area contributed by atoms with Crippen LogP contribution in [-0.2, 0) is 10.1 Å². The van der Waals surface area contributed by atoms with Crippen LogP contribution in [0.3, 0.4) is 0 Å². The molecule has 12 heavy (non-hydrogen) atoms. The van der Waals surface area contributed by atoms with E-state index < -0.39 is 0 Å². The Labute approximate surface area is 104 Å². The fourth-order valence-corrected chi connectivity index (χ4v) is 0.838. The van der Waals surface area contributed by atoms with Gasteiger partial charge in [0.15, 0.2) is 0 Å². The molecule has 0 nitrogen and oxygen atoms in total. The molecule has 0 spiro atoms. The summed E-state index contributed by atoms with van der Waals surface area (Å²) in [6, 6.07) is 10.5. The van der Waals surface area contributed by atoms with E-state index in [1.54, 1.807) is 0 Å². The van der Waals surface area contributed by atoms with Crippen LogP contribution in [0.2, 0.25) is 0 Å². The van der Waals surface area contributed by atoms with Crippen molar-refractivity contribution in [1.29, 1.82) is 0 Å². The predicted molar refractivity (Wildman–Crippen MR) is 68.6 cm³/mol. The summed E-state index contributed by atoms with van der Waals surface area (Å²) in [4.78, 5) is 0. The molecular weight excluding hydrogens is 463 g/mol. The van der Waals surface area contributed by atoms with Crippen molar-refractivity contribution in [2.75, 3.05) is 0 Å². The Morgan fingerprint density at radius 2 is 1.50 bits per heavy atom. The van der Waals surface area contributed by atoms with E-state index in [1.165, 1.54) is 5.56 Å². The SMILES string of the molecule is CC(C)c1ccccc1.[I][Ru][I]. The van der Waals surface area contributed by atoms with Gasteiger partial charge in [-0.2, -0.15) is 0 Å². The first-order valence-corrected chi connectivity index (χ1v) is 14.0. The Morgan fingerprint density at radius 1 is 1.08 bits per heavy atom. The van der Waals surface area contributed by atoms with Crippen LogP contribution in [0.5, 0.6) is 0 Å². The molecule has 1 rings (SSSR count). The van der Waals surface area contributed by atoms with Gasteiger partial charge in [-0.05, 0) is 11.5 Å². The van der Waals surface area contributed by atoms with Gasteiger partial charge >= 0.3 is 49.6 Å². The second-order valence-corrected chi connectivity index (χ2v) is 16.0. The number of rotatable bonds is 1. The topological polar surface area (TPSA) is 0 Å². The molecule has 70 valence electrons. The van der Waals surface area contributed by atoms with E-state index >= 15 is 0 Å². The van der Waals surface area contributed by atoms with E-state index in [1.807, 2.05) is 6.07 Å². The van der Waals surface area contributed by atoms with E-state index in [-0.39, 0.29) is 0 Å². The summed E-state index contributed by atoms with van der Waals surface area (Å²) in [5.41, 5.74) is 1.41. The third-order valence-corrected chi connectivity index (χ3v) is 1.47. The Hall–Kier alpha value is 1.30. The molecule has 0 fully saturated rings. The first kappa shape index (κ1) is 13.3. The zero-order valence-electron chi connectivity index (χ0n) is 7.07. The molecule has 0 saturated heterocycles. The van der Waals surface area contributed by atoms with E-state index in [9.17, 15) is 0 Å². The molecule has 0 bridgehead atoms. The van der Waals surface area contributed by atoms with Gasteiger partial charge < -0.3 is 0 Å². The molecule has 0 N–H and O–H groups in total. The third-order valence-electron chi connectivity index (χ3n) is 1.47. The summed E-state index contributed by atoms with van der Waals surface area (Å²) < 4.78 is 0. The van der Waals surface area contributed by atoms with Gasteiger partial charge in [-0.25, -0.2) is 0 Å². The van der Waals surface area contributed by atoms with Gasteiger partial charge in [-0.15, -0.1) is 0 Å². The van der Waals surface area contributed by atoms with Crippen LogP contribution < -0.4 is 0 Å². The van der Waals surface area contributed by atoms with E-state index in [0.29, 0.717) is 16.0 Å². The maximum atomic E-state index is 2.37. The van der Waals surface area contributed by atoms with Crippen molar-refractivity contribution in [3.8, 4) is 0 Å². The molecule has 0 saturated carbocycles. The van der Waals surface area contributed by atoms with Crippen LogP contribution in [0.25, 0.3) is 0 Å². The predicted octanol–water partition coefficient (Wildman–Crippen LogP) is 4.58. The van der Waals surface area contributed by atoms with Crippen molar-refractivity contribution < 1.29 is 10.1 Å². The van der Waals surface area contributed by atoms with Crippen molar-refractivity contribution >= 4 is 39.5 Å². The number of hydrogen-bond acceptors (Lipinski definition) is 0. The Bertz CT molecular complexity index is 187. The van der Waals surface area contributed by atoms with E-state index in [2.05, 4.69) is 77.6 Å². The molecule has 1 aromatic rings. The van der Waals surface area contributed by atoms with Gasteiger partial charge in [-0.3, -0.25) is 0 Å². The summed E-state index contributed by atoms with van der Waals surface area (Å²) in [5.74, 6) is 0.659. The minimum absolute atomic E-state index is 0.650. The van der Waals surface area contributed by atoms with Crippen LogP contribution >= 0.6 is 39.5 Å². The van der Waals surface area contributed by atoms with Crippen LogP contribution in [-0.4, -0.2) is 0 Å². The quantitative estimate of drug-likeness (QED) is 0.413. The Kier molecular flexibility index (Phi) is 9.85. The van der Waals surface area contributed by atoms with Gasteiger partial charge in [0, 0.05) is 0 Å². The van der Waals surface area contributed by atoms with Crippen LogP contribution in [0.1, 0.15) is 25.3 Å². The second kappa shape index (κ2) is 8.88. The number of benzene rings is 1. The fourth-order valence-electron chi connectivity index (χ4n) is 0.838. The number of halogens is 2. The Morgan fingerprint density at radius 3 is 1.75 bits per heavy atom. The average molecular weight is 475 g/mol. The summed E-state index contributed by atoms with van der Waals surface area (Å²) in [5, 5.41) is 0. The Balaban J connectivity index is 0.000000354. The second-order valence-electron chi connectivity index (χ2n) is 2.62. The molecule has 0 atom stereocenters. The van der Waals surface area contributed by atoms with Gasteiger partial charge in [0.2, 0.25) is 0 Å². The van der Waals surface area contributed by atoms with Gasteiger partial charge in [0.25, 0.3) is 0 Å². The zero-order chi connectivity index (χ0) is 9.40. The molecule has 0 aliphatic carbocycles. The van der Waals surface area contributed by atoms with Crippen molar-refractivity contribution in [3.05, 3.63) is 35.9 Å². The van der Waals surface area contributed by atoms with Crippen LogP contribution in [0.4, 0.5) is 0 Å². The molecule has 0 heterocycles. The summed E-state index contributed by atoms with van der Waals surface area (Å²) in [6.45, 7) is 4.41. The standard InChI is InChI=1S/C9H12.2HI.Ru/c1-8(2)9-6-4-3-5-7-9;;;/h3-8H,1-2H3;2*1H;/q;;;+2/p-2.